The summed E-state index contributed by atoms with van der Waals surface area (Å²) in [6, 6.07) is 7.25. The smallest absolute Gasteiger partial charge is 0.180 e. The van der Waals surface area contributed by atoms with Gasteiger partial charge in [0.2, 0.25) is 0 Å². The Kier molecular flexibility index (Phi) is 4.42. The number of aryl methyl sites for hydroxylation is 1. The maximum atomic E-state index is 14.2. The molecule has 0 amide bonds. The van der Waals surface area contributed by atoms with Crippen LogP contribution in [-0.4, -0.2) is 11.0 Å². The normalized spacial score (nSPS) is 11.5. The van der Waals surface area contributed by atoms with Crippen LogP contribution in [0.1, 0.15) is 11.1 Å². The van der Waals surface area contributed by atoms with E-state index in [1.165, 1.54) is 18.2 Å². The molecule has 110 valence electrons. The highest BCUT2D eigenvalue weighted by molar-refractivity contribution is 9.10. The van der Waals surface area contributed by atoms with Gasteiger partial charge in [-0.2, -0.15) is 0 Å². The lowest BCUT2D eigenvalue weighted by Crippen LogP contribution is -2.14. The lowest BCUT2D eigenvalue weighted by molar-refractivity contribution is 0.318. The van der Waals surface area contributed by atoms with E-state index < -0.39 is 11.6 Å². The fourth-order valence-corrected chi connectivity index (χ4v) is 2.21. The molecule has 21 heavy (non-hydrogen) atoms. The van der Waals surface area contributed by atoms with Crippen molar-refractivity contribution in [3.05, 3.63) is 57.6 Å². The second-order valence-electron chi connectivity index (χ2n) is 4.21. The van der Waals surface area contributed by atoms with E-state index in [4.69, 9.17) is 15.7 Å². The third kappa shape index (κ3) is 2.97. The van der Waals surface area contributed by atoms with Crippen molar-refractivity contribution in [2.24, 2.45) is 10.9 Å². The predicted octanol–water partition coefficient (Wildman–Crippen LogP) is 3.92. The average molecular weight is 357 g/mol. The Morgan fingerprint density at radius 2 is 1.86 bits per heavy atom. The summed E-state index contributed by atoms with van der Waals surface area (Å²) in [7, 11) is 0. The lowest BCUT2D eigenvalue weighted by Gasteiger charge is -2.11. The summed E-state index contributed by atoms with van der Waals surface area (Å²) in [6.45, 7) is 1.58. The molecule has 0 heterocycles. The highest BCUT2D eigenvalue weighted by atomic mass is 79.9. The van der Waals surface area contributed by atoms with Crippen molar-refractivity contribution in [1.82, 2.24) is 0 Å². The minimum Gasteiger partial charge on any atom is -0.451 e. The van der Waals surface area contributed by atoms with E-state index in [0.717, 1.165) is 0 Å². The number of rotatable bonds is 3. The summed E-state index contributed by atoms with van der Waals surface area (Å²) in [5.41, 5.74) is 5.96. The average Bonchev–Trinajstić information content (AvgIpc) is 2.48. The minimum absolute atomic E-state index is 0.0386. The zero-order valence-corrected chi connectivity index (χ0v) is 12.5. The standard InChI is InChI=1S/C14H11BrF2N2O2/c1-7-3-2-4-9(12(7)16)21-10-6-5-8(14(18)19-20)11(15)13(10)17/h2-6,20H,1H3,(H2,18,19). The van der Waals surface area contributed by atoms with E-state index in [2.05, 4.69) is 21.1 Å². The monoisotopic (exact) mass is 356 g/mol. The van der Waals surface area contributed by atoms with Crippen LogP contribution in [0.25, 0.3) is 0 Å². The van der Waals surface area contributed by atoms with Crippen molar-refractivity contribution < 1.29 is 18.7 Å². The van der Waals surface area contributed by atoms with E-state index in [0.29, 0.717) is 5.56 Å². The number of oxime groups is 1. The molecule has 7 heteroatoms. The molecule has 2 rings (SSSR count). The molecule has 0 bridgehead atoms. The number of hydrogen-bond acceptors (Lipinski definition) is 3. The van der Waals surface area contributed by atoms with Crippen LogP contribution < -0.4 is 10.5 Å². The highest BCUT2D eigenvalue weighted by Gasteiger charge is 2.17. The quantitative estimate of drug-likeness (QED) is 0.379. The molecule has 2 aromatic carbocycles. The van der Waals surface area contributed by atoms with Gasteiger partial charge in [-0.05, 0) is 46.6 Å². The van der Waals surface area contributed by atoms with Crippen LogP contribution in [-0.2, 0) is 0 Å². The van der Waals surface area contributed by atoms with Gasteiger partial charge < -0.3 is 15.7 Å². The third-order valence-corrected chi connectivity index (χ3v) is 3.58. The minimum atomic E-state index is -0.778. The van der Waals surface area contributed by atoms with E-state index >= 15 is 0 Å². The van der Waals surface area contributed by atoms with Gasteiger partial charge in [-0.15, -0.1) is 0 Å². The molecule has 4 nitrogen and oxygen atoms in total. The topological polar surface area (TPSA) is 67.8 Å². The van der Waals surface area contributed by atoms with Crippen molar-refractivity contribution in [2.45, 2.75) is 6.92 Å². The molecule has 0 atom stereocenters. The molecule has 0 aliphatic carbocycles. The number of hydrogen-bond donors (Lipinski definition) is 2. The van der Waals surface area contributed by atoms with E-state index in [-0.39, 0.29) is 27.4 Å². The molecule has 3 N–H and O–H groups in total. The Morgan fingerprint density at radius 3 is 2.52 bits per heavy atom. The molecule has 2 aromatic rings. The zero-order chi connectivity index (χ0) is 15.6. The van der Waals surface area contributed by atoms with Gasteiger partial charge in [0.25, 0.3) is 0 Å². The number of nitrogens with zero attached hydrogens (tertiary/aromatic N) is 1. The molecular weight excluding hydrogens is 346 g/mol. The van der Waals surface area contributed by atoms with Crippen molar-refractivity contribution in [3.63, 3.8) is 0 Å². The van der Waals surface area contributed by atoms with Crippen molar-refractivity contribution in [2.75, 3.05) is 0 Å². The van der Waals surface area contributed by atoms with Gasteiger partial charge in [0, 0.05) is 5.56 Å². The summed E-state index contributed by atoms with van der Waals surface area (Å²) < 4.78 is 33.2. The summed E-state index contributed by atoms with van der Waals surface area (Å²) in [4.78, 5) is 0. The van der Waals surface area contributed by atoms with Gasteiger partial charge >= 0.3 is 0 Å². The Morgan fingerprint density at radius 1 is 1.19 bits per heavy atom. The number of ether oxygens (including phenoxy) is 1. The predicted molar refractivity (Wildman–Crippen MR) is 77.8 cm³/mol. The third-order valence-electron chi connectivity index (χ3n) is 2.81. The van der Waals surface area contributed by atoms with Crippen LogP contribution in [0.5, 0.6) is 11.5 Å². The van der Waals surface area contributed by atoms with Crippen molar-refractivity contribution in [1.29, 1.82) is 0 Å². The molecule has 0 fully saturated rings. The van der Waals surface area contributed by atoms with Crippen LogP contribution >= 0.6 is 15.9 Å². The first kappa shape index (κ1) is 15.2. The SMILES string of the molecule is Cc1cccc(Oc2ccc(/C(N)=N/O)c(Br)c2F)c1F. The Labute approximate surface area is 128 Å². The molecule has 0 spiro atoms. The molecule has 0 aliphatic rings. The van der Waals surface area contributed by atoms with E-state index in [1.54, 1.807) is 19.1 Å². The first-order valence-corrected chi connectivity index (χ1v) is 6.64. The van der Waals surface area contributed by atoms with Gasteiger partial charge in [0.15, 0.2) is 29.0 Å². The second kappa shape index (κ2) is 6.09. The maximum absolute atomic E-state index is 14.2. The van der Waals surface area contributed by atoms with Crippen LogP contribution in [0.3, 0.4) is 0 Å². The summed E-state index contributed by atoms with van der Waals surface area (Å²) >= 11 is 3.00. The molecule has 0 aromatic heterocycles. The first-order chi connectivity index (χ1) is 9.95. The highest BCUT2D eigenvalue weighted by Crippen LogP contribution is 2.33. The summed E-state index contributed by atoms with van der Waals surface area (Å²) in [5, 5.41) is 11.4. The molecule has 0 radical (unpaired) electrons. The lowest BCUT2D eigenvalue weighted by atomic mass is 10.2. The largest absolute Gasteiger partial charge is 0.451 e. The number of amidine groups is 1. The molecule has 0 saturated heterocycles. The van der Waals surface area contributed by atoms with Gasteiger partial charge in [-0.25, -0.2) is 8.78 Å². The Bertz CT molecular complexity index is 720. The van der Waals surface area contributed by atoms with Crippen LogP contribution in [0.2, 0.25) is 0 Å². The Hall–Kier alpha value is -2.15. The maximum Gasteiger partial charge on any atom is 0.180 e. The number of halogens is 3. The first-order valence-electron chi connectivity index (χ1n) is 5.84. The Balaban J connectivity index is 2.43. The van der Waals surface area contributed by atoms with Crippen LogP contribution in [0.4, 0.5) is 8.78 Å². The fraction of sp³-hybridized carbons (Fsp3) is 0.0714. The molecule has 0 aliphatic heterocycles. The number of nitrogens with two attached hydrogens (primary N) is 1. The van der Waals surface area contributed by atoms with E-state index in [9.17, 15) is 8.78 Å². The van der Waals surface area contributed by atoms with Crippen LogP contribution in [0.15, 0.2) is 40.0 Å². The van der Waals surface area contributed by atoms with Gasteiger partial charge in [0.1, 0.15) is 0 Å². The van der Waals surface area contributed by atoms with Crippen molar-refractivity contribution >= 4 is 21.8 Å². The zero-order valence-electron chi connectivity index (χ0n) is 10.9. The summed E-state index contributed by atoms with van der Waals surface area (Å²) in [6.07, 6.45) is 0. The number of benzene rings is 2. The van der Waals surface area contributed by atoms with Gasteiger partial charge in [0.05, 0.1) is 4.47 Å². The van der Waals surface area contributed by atoms with Gasteiger partial charge in [-0.1, -0.05) is 17.3 Å². The summed E-state index contributed by atoms with van der Waals surface area (Å²) in [5.74, 6) is -1.86. The van der Waals surface area contributed by atoms with E-state index in [1.807, 2.05) is 0 Å². The van der Waals surface area contributed by atoms with Crippen molar-refractivity contribution in [3.8, 4) is 11.5 Å². The van der Waals surface area contributed by atoms with Gasteiger partial charge in [-0.3, -0.25) is 0 Å². The fourth-order valence-electron chi connectivity index (χ4n) is 1.68. The molecule has 0 saturated carbocycles. The molecule has 0 unspecified atom stereocenters. The molecular formula is C14H11BrF2N2O2. The second-order valence-corrected chi connectivity index (χ2v) is 5.01. The van der Waals surface area contributed by atoms with Crippen LogP contribution in [0, 0.1) is 18.6 Å².